The van der Waals surface area contributed by atoms with Gasteiger partial charge in [-0.15, -0.1) is 0 Å². The molecule has 0 aromatic heterocycles. The van der Waals surface area contributed by atoms with Gasteiger partial charge in [-0.2, -0.15) is 13.2 Å². The molecule has 2 unspecified atom stereocenters. The molecule has 1 aromatic carbocycles. The van der Waals surface area contributed by atoms with Crippen LogP contribution in [0.4, 0.5) is 13.2 Å². The zero-order valence-electron chi connectivity index (χ0n) is 11.3. The van der Waals surface area contributed by atoms with E-state index in [2.05, 4.69) is 15.9 Å². The Morgan fingerprint density at radius 2 is 1.95 bits per heavy atom. The van der Waals surface area contributed by atoms with Crippen LogP contribution in [0.2, 0.25) is 0 Å². The maximum absolute atomic E-state index is 12.1. The normalized spacial score (nSPS) is 15.1. The molecule has 0 bridgehead atoms. The molecule has 114 valence electrons. The van der Waals surface area contributed by atoms with Crippen LogP contribution in [-0.4, -0.2) is 18.8 Å². The molecule has 0 aliphatic rings. The minimum absolute atomic E-state index is 0.0409. The Morgan fingerprint density at radius 1 is 1.30 bits per heavy atom. The van der Waals surface area contributed by atoms with Crippen molar-refractivity contribution >= 4 is 15.9 Å². The van der Waals surface area contributed by atoms with Gasteiger partial charge in [0.05, 0.1) is 6.10 Å². The number of nitrogens with two attached hydrogens (primary N) is 1. The first-order valence-electron chi connectivity index (χ1n) is 6.53. The molecule has 2 atom stereocenters. The molecule has 1 aromatic rings. The Kier molecular flexibility index (Phi) is 6.99. The smallest absolute Gasteiger partial charge is 0.372 e. The van der Waals surface area contributed by atoms with Crippen LogP contribution in [0.1, 0.15) is 37.9 Å². The van der Waals surface area contributed by atoms with Gasteiger partial charge in [-0.1, -0.05) is 41.1 Å². The highest BCUT2D eigenvalue weighted by molar-refractivity contribution is 9.10. The summed E-state index contributed by atoms with van der Waals surface area (Å²) >= 11 is 3.42. The van der Waals surface area contributed by atoms with Crippen LogP contribution >= 0.6 is 15.9 Å². The number of hydrogen-bond acceptors (Lipinski definition) is 2. The van der Waals surface area contributed by atoms with Crippen molar-refractivity contribution in [3.05, 3.63) is 34.3 Å². The molecule has 0 fully saturated rings. The number of alkyl halides is 3. The van der Waals surface area contributed by atoms with E-state index in [1.54, 1.807) is 0 Å². The lowest BCUT2D eigenvalue weighted by molar-refractivity contribution is -0.139. The van der Waals surface area contributed by atoms with Crippen LogP contribution in [0, 0.1) is 0 Å². The van der Waals surface area contributed by atoms with E-state index < -0.39 is 18.7 Å². The van der Waals surface area contributed by atoms with Crippen molar-refractivity contribution in [2.75, 3.05) is 6.61 Å². The van der Waals surface area contributed by atoms with Crippen molar-refractivity contribution in [2.24, 2.45) is 5.73 Å². The van der Waals surface area contributed by atoms with Crippen LogP contribution in [0.15, 0.2) is 28.7 Å². The fourth-order valence-electron chi connectivity index (χ4n) is 1.85. The van der Waals surface area contributed by atoms with E-state index in [1.807, 2.05) is 31.2 Å². The molecule has 1 rings (SSSR count). The Balaban J connectivity index is 2.65. The summed E-state index contributed by atoms with van der Waals surface area (Å²) in [5.74, 6) is 0. The van der Waals surface area contributed by atoms with Gasteiger partial charge in [-0.25, -0.2) is 0 Å². The lowest BCUT2D eigenvalue weighted by Gasteiger charge is -2.25. The van der Waals surface area contributed by atoms with Gasteiger partial charge in [0.25, 0.3) is 0 Å². The lowest BCUT2D eigenvalue weighted by atomic mass is 10.0. The van der Waals surface area contributed by atoms with Gasteiger partial charge in [-0.3, -0.25) is 0 Å². The average molecular weight is 354 g/mol. The molecule has 0 saturated carbocycles. The number of halogens is 4. The van der Waals surface area contributed by atoms with Gasteiger partial charge < -0.3 is 10.5 Å². The van der Waals surface area contributed by atoms with Crippen molar-refractivity contribution < 1.29 is 17.9 Å². The topological polar surface area (TPSA) is 35.2 Å². The third-order valence-electron chi connectivity index (χ3n) is 2.97. The minimum Gasteiger partial charge on any atom is -0.372 e. The predicted molar refractivity (Wildman–Crippen MR) is 76.4 cm³/mol. The summed E-state index contributed by atoms with van der Waals surface area (Å²) in [5.41, 5.74) is 6.89. The van der Waals surface area contributed by atoms with Gasteiger partial charge in [0, 0.05) is 23.5 Å². The maximum Gasteiger partial charge on any atom is 0.389 e. The van der Waals surface area contributed by atoms with Crippen molar-refractivity contribution in [3.8, 4) is 0 Å². The summed E-state index contributed by atoms with van der Waals surface area (Å²) in [7, 11) is 0. The highest BCUT2D eigenvalue weighted by Gasteiger charge is 2.27. The van der Waals surface area contributed by atoms with Crippen LogP contribution < -0.4 is 5.73 Å². The monoisotopic (exact) mass is 353 g/mol. The van der Waals surface area contributed by atoms with Crippen LogP contribution in [0.3, 0.4) is 0 Å². The fraction of sp³-hybridized carbons (Fsp3) is 0.571. The van der Waals surface area contributed by atoms with Crippen molar-refractivity contribution in [2.45, 2.75) is 44.5 Å². The van der Waals surface area contributed by atoms with E-state index in [9.17, 15) is 13.2 Å². The molecular formula is C14H19BrF3NO. The second-order valence-electron chi connectivity index (χ2n) is 4.60. The van der Waals surface area contributed by atoms with Gasteiger partial charge in [-0.05, 0) is 24.5 Å². The Hall–Kier alpha value is -0.590. The second kappa shape index (κ2) is 8.00. The summed E-state index contributed by atoms with van der Waals surface area (Å²) in [4.78, 5) is 0. The van der Waals surface area contributed by atoms with Crippen LogP contribution in [-0.2, 0) is 4.74 Å². The number of hydrogen-bond donors (Lipinski definition) is 1. The van der Waals surface area contributed by atoms with Gasteiger partial charge in [0.2, 0.25) is 0 Å². The lowest BCUT2D eigenvalue weighted by Crippen LogP contribution is -2.30. The highest BCUT2D eigenvalue weighted by atomic mass is 79.9. The molecule has 0 heterocycles. The molecule has 20 heavy (non-hydrogen) atoms. The number of benzene rings is 1. The quantitative estimate of drug-likeness (QED) is 0.727. The SMILES string of the molecule is CCC(N)C(OCCCC(F)(F)F)c1ccccc1Br. The predicted octanol–water partition coefficient (Wildman–Crippen LogP) is 4.59. The summed E-state index contributed by atoms with van der Waals surface area (Å²) < 4.78 is 42.8. The number of rotatable bonds is 7. The van der Waals surface area contributed by atoms with E-state index >= 15 is 0 Å². The van der Waals surface area contributed by atoms with Gasteiger partial charge >= 0.3 is 6.18 Å². The molecule has 0 spiro atoms. The largest absolute Gasteiger partial charge is 0.389 e. The number of ether oxygens (including phenoxy) is 1. The minimum atomic E-state index is -4.14. The van der Waals surface area contributed by atoms with Crippen molar-refractivity contribution in [3.63, 3.8) is 0 Å². The van der Waals surface area contributed by atoms with E-state index in [-0.39, 0.29) is 19.1 Å². The van der Waals surface area contributed by atoms with Crippen molar-refractivity contribution in [1.82, 2.24) is 0 Å². The first-order valence-corrected chi connectivity index (χ1v) is 7.32. The molecule has 0 aliphatic carbocycles. The van der Waals surface area contributed by atoms with Crippen LogP contribution in [0.5, 0.6) is 0 Å². The van der Waals surface area contributed by atoms with Gasteiger partial charge in [0.15, 0.2) is 0 Å². The fourth-order valence-corrected chi connectivity index (χ4v) is 2.36. The zero-order valence-corrected chi connectivity index (χ0v) is 12.9. The maximum atomic E-state index is 12.1. The van der Waals surface area contributed by atoms with Crippen LogP contribution in [0.25, 0.3) is 0 Å². The third kappa shape index (κ3) is 5.81. The standard InChI is InChI=1S/C14H19BrF3NO/c1-2-12(19)13(10-6-3-4-7-11(10)15)20-9-5-8-14(16,17)18/h3-4,6-7,12-13H,2,5,8-9,19H2,1H3. The van der Waals surface area contributed by atoms with Gasteiger partial charge in [0.1, 0.15) is 0 Å². The Labute approximate surface area is 125 Å². The first kappa shape index (κ1) is 17.5. The third-order valence-corrected chi connectivity index (χ3v) is 3.70. The Bertz CT molecular complexity index is 412. The molecular weight excluding hydrogens is 335 g/mol. The molecule has 6 heteroatoms. The summed E-state index contributed by atoms with van der Waals surface area (Å²) in [6, 6.07) is 7.21. The molecule has 0 saturated heterocycles. The highest BCUT2D eigenvalue weighted by Crippen LogP contribution is 2.29. The molecule has 0 radical (unpaired) electrons. The first-order chi connectivity index (χ1) is 9.35. The van der Waals surface area contributed by atoms with E-state index in [0.29, 0.717) is 6.42 Å². The van der Waals surface area contributed by atoms with E-state index in [1.165, 1.54) is 0 Å². The van der Waals surface area contributed by atoms with E-state index in [4.69, 9.17) is 10.5 Å². The second-order valence-corrected chi connectivity index (χ2v) is 5.46. The molecule has 2 nitrogen and oxygen atoms in total. The summed E-state index contributed by atoms with van der Waals surface area (Å²) in [6.07, 6.45) is -4.74. The van der Waals surface area contributed by atoms with E-state index in [0.717, 1.165) is 10.0 Å². The molecule has 0 amide bonds. The van der Waals surface area contributed by atoms with Crippen molar-refractivity contribution in [1.29, 1.82) is 0 Å². The molecule has 2 N–H and O–H groups in total. The average Bonchev–Trinajstić information content (AvgIpc) is 2.38. The summed E-state index contributed by atoms with van der Waals surface area (Å²) in [5, 5.41) is 0. The summed E-state index contributed by atoms with van der Waals surface area (Å²) in [6.45, 7) is 1.97. The Morgan fingerprint density at radius 3 is 2.50 bits per heavy atom. The molecule has 0 aliphatic heterocycles. The zero-order chi connectivity index (χ0) is 15.2.